The predicted octanol–water partition coefficient (Wildman–Crippen LogP) is 1.15. The molecule has 17 nitrogen and oxygen atoms in total. The van der Waals surface area contributed by atoms with Gasteiger partial charge in [-0.3, -0.25) is 33.6 Å². The topological polar surface area (TPSA) is 244 Å². The quantitative estimate of drug-likeness (QED) is 0.0734. The molecule has 2 aromatic carbocycles. The van der Waals surface area contributed by atoms with Gasteiger partial charge < -0.3 is 46.7 Å². The van der Waals surface area contributed by atoms with Crippen LogP contribution in [0.1, 0.15) is 77.0 Å². The van der Waals surface area contributed by atoms with Gasteiger partial charge in [-0.25, -0.2) is 4.79 Å². The molecule has 310 valence electrons. The van der Waals surface area contributed by atoms with Crippen molar-refractivity contribution in [3.05, 3.63) is 71.8 Å². The van der Waals surface area contributed by atoms with Crippen molar-refractivity contribution in [2.24, 2.45) is 11.7 Å². The van der Waals surface area contributed by atoms with Crippen molar-refractivity contribution in [2.75, 3.05) is 26.2 Å². The van der Waals surface area contributed by atoms with Gasteiger partial charge in [0, 0.05) is 26.4 Å². The highest BCUT2D eigenvalue weighted by Crippen LogP contribution is 2.24. The number of nitrogens with two attached hydrogens (primary N) is 1. The van der Waals surface area contributed by atoms with Crippen LogP contribution in [0.2, 0.25) is 0 Å². The van der Waals surface area contributed by atoms with Crippen molar-refractivity contribution in [3.63, 3.8) is 0 Å². The number of ketones is 1. The van der Waals surface area contributed by atoms with Crippen molar-refractivity contribution in [1.82, 2.24) is 31.5 Å². The van der Waals surface area contributed by atoms with Gasteiger partial charge in [0.15, 0.2) is 0 Å². The number of nitrogens with zero attached hydrogens (tertiary/aromatic N) is 1. The Hall–Kier alpha value is -5.84. The number of hydrogen-bond acceptors (Lipinski definition) is 10. The molecule has 0 radical (unpaired) electrons. The SMILES string of the molecule is CCCC(NC(=O)C1CC(OCc2ccccc2)CN1C(=O)C(CCCNC(C)=O)NC(=O)OCC(C)C)C(=O)C(=O)NCC(=O)NC(C(N)=O)c1ccccc1. The third kappa shape index (κ3) is 15.3. The van der Waals surface area contributed by atoms with Crippen molar-refractivity contribution in [1.29, 1.82) is 0 Å². The van der Waals surface area contributed by atoms with Crippen LogP contribution in [0.5, 0.6) is 0 Å². The number of ether oxygens (including phenoxy) is 2. The van der Waals surface area contributed by atoms with Gasteiger partial charge in [0.1, 0.15) is 18.1 Å². The third-order valence-corrected chi connectivity index (χ3v) is 8.92. The van der Waals surface area contributed by atoms with Crippen molar-refractivity contribution < 1.29 is 47.8 Å². The number of Topliss-reactive ketones (excluding diaryl/α,β-unsaturated/α-hetero) is 1. The van der Waals surface area contributed by atoms with Gasteiger partial charge in [0.2, 0.25) is 35.3 Å². The van der Waals surface area contributed by atoms with E-state index < -0.39 is 78.2 Å². The second-order valence-corrected chi connectivity index (χ2v) is 14.2. The summed E-state index contributed by atoms with van der Waals surface area (Å²) in [4.78, 5) is 105. The number of carbonyl (C=O) groups is 8. The van der Waals surface area contributed by atoms with Crippen molar-refractivity contribution in [2.45, 2.75) is 96.7 Å². The average molecular weight is 794 g/mol. The Bertz CT molecular complexity index is 1690. The van der Waals surface area contributed by atoms with Gasteiger partial charge in [0.25, 0.3) is 5.91 Å². The Morgan fingerprint density at radius 3 is 2.14 bits per heavy atom. The summed E-state index contributed by atoms with van der Waals surface area (Å²) in [7, 11) is 0. The van der Waals surface area contributed by atoms with Crippen molar-refractivity contribution >= 4 is 47.3 Å². The molecule has 7 N–H and O–H groups in total. The molecule has 0 saturated carbocycles. The zero-order valence-corrected chi connectivity index (χ0v) is 32.9. The number of primary amides is 1. The summed E-state index contributed by atoms with van der Waals surface area (Å²) in [5, 5.41) is 12.6. The number of likely N-dealkylation sites (tertiary alicyclic amines) is 1. The minimum Gasteiger partial charge on any atom is -0.449 e. The molecule has 5 atom stereocenters. The van der Waals surface area contributed by atoms with Gasteiger partial charge in [-0.15, -0.1) is 0 Å². The molecule has 0 aliphatic carbocycles. The first-order valence-corrected chi connectivity index (χ1v) is 19.1. The molecule has 2 aromatic rings. The molecule has 1 aliphatic rings. The Labute approximate surface area is 332 Å². The summed E-state index contributed by atoms with van der Waals surface area (Å²) in [5.74, 6) is -5.33. The lowest BCUT2D eigenvalue weighted by atomic mass is 10.0. The number of benzene rings is 2. The van der Waals surface area contributed by atoms with E-state index >= 15 is 0 Å². The maximum absolute atomic E-state index is 14.2. The Morgan fingerprint density at radius 2 is 1.53 bits per heavy atom. The summed E-state index contributed by atoms with van der Waals surface area (Å²) in [5.41, 5.74) is 6.76. The molecular weight excluding hydrogens is 738 g/mol. The summed E-state index contributed by atoms with van der Waals surface area (Å²) in [6, 6.07) is 12.8. The van der Waals surface area contributed by atoms with E-state index in [1.165, 1.54) is 11.8 Å². The number of hydrogen-bond donors (Lipinski definition) is 6. The molecule has 1 heterocycles. The van der Waals surface area contributed by atoms with Crippen molar-refractivity contribution in [3.8, 4) is 0 Å². The van der Waals surface area contributed by atoms with Crippen LogP contribution in [0.4, 0.5) is 4.79 Å². The molecule has 1 saturated heterocycles. The fraction of sp³-hybridized carbons (Fsp3) is 0.500. The molecule has 7 amide bonds. The fourth-order valence-corrected chi connectivity index (χ4v) is 6.06. The maximum Gasteiger partial charge on any atom is 0.407 e. The highest BCUT2D eigenvalue weighted by molar-refractivity contribution is 6.38. The van der Waals surface area contributed by atoms with E-state index in [1.54, 1.807) is 37.3 Å². The fourth-order valence-electron chi connectivity index (χ4n) is 6.06. The first-order chi connectivity index (χ1) is 27.2. The van der Waals surface area contributed by atoms with Gasteiger partial charge in [-0.2, -0.15) is 0 Å². The lowest BCUT2D eigenvalue weighted by Crippen LogP contribution is -2.56. The standard InChI is InChI=1S/C40H55N7O10/c1-5-13-30(35(50)38(53)43-21-33(49)46-34(36(41)51)28-16-10-7-11-17-28)44-37(52)32-20-29(56-24-27-14-8-6-9-15-27)22-47(32)39(54)31(18-12-19-42-26(4)48)45-40(55)57-23-25(2)3/h6-11,14-17,25,29-32,34H,5,12-13,18-24H2,1-4H3,(H2,41,51)(H,42,48)(H,43,53)(H,44,52)(H,45,55)(H,46,49). The number of rotatable bonds is 22. The van der Waals surface area contributed by atoms with Crippen LogP contribution < -0.4 is 32.3 Å². The number of amides is 7. The Kier molecular flexibility index (Phi) is 18.6. The van der Waals surface area contributed by atoms with Gasteiger partial charge >= 0.3 is 6.09 Å². The van der Waals surface area contributed by atoms with Crippen LogP contribution in [-0.2, 0) is 49.6 Å². The maximum atomic E-state index is 14.2. The summed E-state index contributed by atoms with van der Waals surface area (Å²) < 4.78 is 11.4. The molecule has 17 heteroatoms. The molecular formula is C40H55N7O10. The highest BCUT2D eigenvalue weighted by Gasteiger charge is 2.43. The average Bonchev–Trinajstić information content (AvgIpc) is 3.63. The number of carbonyl (C=O) groups excluding carboxylic acids is 8. The van der Waals surface area contributed by atoms with Gasteiger partial charge in [0.05, 0.1) is 31.9 Å². The lowest BCUT2D eigenvalue weighted by molar-refractivity contribution is -0.143. The van der Waals surface area contributed by atoms with Crippen LogP contribution in [0.25, 0.3) is 0 Å². The molecule has 0 aromatic heterocycles. The zero-order valence-electron chi connectivity index (χ0n) is 32.9. The van der Waals surface area contributed by atoms with E-state index in [1.807, 2.05) is 44.2 Å². The normalized spacial score (nSPS) is 16.4. The molecule has 57 heavy (non-hydrogen) atoms. The summed E-state index contributed by atoms with van der Waals surface area (Å²) >= 11 is 0. The minimum atomic E-state index is -1.31. The molecule has 0 spiro atoms. The molecule has 1 fully saturated rings. The van der Waals surface area contributed by atoms with Crippen LogP contribution in [-0.4, -0.2) is 103 Å². The smallest absolute Gasteiger partial charge is 0.407 e. The first kappa shape index (κ1) is 45.5. The molecule has 5 unspecified atom stereocenters. The Morgan fingerprint density at radius 1 is 0.860 bits per heavy atom. The van der Waals surface area contributed by atoms with E-state index in [4.69, 9.17) is 15.2 Å². The lowest BCUT2D eigenvalue weighted by Gasteiger charge is -2.29. The van der Waals surface area contributed by atoms with Crippen LogP contribution >= 0.6 is 0 Å². The minimum absolute atomic E-state index is 0.0219. The van der Waals surface area contributed by atoms with Crippen LogP contribution in [0.3, 0.4) is 0 Å². The monoisotopic (exact) mass is 793 g/mol. The number of nitrogens with one attached hydrogen (secondary N) is 5. The van der Waals surface area contributed by atoms with Gasteiger partial charge in [-0.05, 0) is 36.3 Å². The van der Waals surface area contributed by atoms with E-state index in [9.17, 15) is 38.4 Å². The molecule has 3 rings (SSSR count). The second kappa shape index (κ2) is 23.3. The molecule has 1 aliphatic heterocycles. The van der Waals surface area contributed by atoms with Gasteiger partial charge in [-0.1, -0.05) is 87.9 Å². The van der Waals surface area contributed by atoms with E-state index in [0.29, 0.717) is 18.4 Å². The third-order valence-electron chi connectivity index (χ3n) is 8.92. The highest BCUT2D eigenvalue weighted by atomic mass is 16.5. The summed E-state index contributed by atoms with van der Waals surface area (Å²) in [6.07, 6.45) is -0.524. The van der Waals surface area contributed by atoms with Crippen LogP contribution in [0, 0.1) is 5.92 Å². The second-order valence-electron chi connectivity index (χ2n) is 14.2. The number of alkyl carbamates (subject to hydrolysis) is 1. The Balaban J connectivity index is 1.77. The molecule has 0 bridgehead atoms. The first-order valence-electron chi connectivity index (χ1n) is 19.1. The largest absolute Gasteiger partial charge is 0.449 e. The van der Waals surface area contributed by atoms with E-state index in [2.05, 4.69) is 26.6 Å². The van der Waals surface area contributed by atoms with Crippen LogP contribution in [0.15, 0.2) is 60.7 Å². The van der Waals surface area contributed by atoms with E-state index in [-0.39, 0.29) is 57.4 Å². The predicted molar refractivity (Wildman–Crippen MR) is 208 cm³/mol. The summed E-state index contributed by atoms with van der Waals surface area (Å²) in [6.45, 7) is 6.68. The van der Waals surface area contributed by atoms with E-state index in [0.717, 1.165) is 5.56 Å². The zero-order chi connectivity index (χ0) is 41.9.